The Labute approximate surface area is 143 Å². The third kappa shape index (κ3) is 3.76. The molecule has 1 aromatic carbocycles. The van der Waals surface area contributed by atoms with E-state index in [0.29, 0.717) is 12.2 Å². The van der Waals surface area contributed by atoms with E-state index >= 15 is 0 Å². The van der Waals surface area contributed by atoms with E-state index in [-0.39, 0.29) is 5.91 Å². The fourth-order valence-corrected chi connectivity index (χ4v) is 2.83. The van der Waals surface area contributed by atoms with Crippen molar-refractivity contribution in [3.8, 4) is 0 Å². The number of hydrogen-bond donors (Lipinski definition) is 1. The first-order valence-corrected chi connectivity index (χ1v) is 8.34. The second-order valence-electron chi connectivity index (χ2n) is 6.43. The number of hydrogen-bond acceptors (Lipinski definition) is 4. The topological polar surface area (TPSA) is 53.4 Å². The van der Waals surface area contributed by atoms with Gasteiger partial charge in [0.2, 0.25) is 0 Å². The highest BCUT2D eigenvalue weighted by molar-refractivity contribution is 5.92. The second-order valence-corrected chi connectivity index (χ2v) is 6.43. The zero-order valence-corrected chi connectivity index (χ0v) is 14.6. The van der Waals surface area contributed by atoms with Crippen molar-refractivity contribution in [3.63, 3.8) is 0 Å². The molecule has 0 atom stereocenters. The molecule has 2 aromatic rings. The lowest BCUT2D eigenvalue weighted by Crippen LogP contribution is -2.44. The first-order valence-electron chi connectivity index (χ1n) is 8.34. The van der Waals surface area contributed by atoms with Crippen LogP contribution in [-0.4, -0.2) is 53.8 Å². The third-order valence-electron chi connectivity index (χ3n) is 4.60. The van der Waals surface area contributed by atoms with Crippen LogP contribution in [0.3, 0.4) is 0 Å². The lowest BCUT2D eigenvalue weighted by molar-refractivity contribution is 0.0945. The Hall–Kier alpha value is -2.34. The number of anilines is 1. The van der Waals surface area contributed by atoms with Crippen LogP contribution in [0.2, 0.25) is 0 Å². The van der Waals surface area contributed by atoms with Crippen molar-refractivity contribution < 1.29 is 4.79 Å². The van der Waals surface area contributed by atoms with Crippen molar-refractivity contribution in [1.29, 1.82) is 0 Å². The van der Waals surface area contributed by atoms with Crippen molar-refractivity contribution in [3.05, 3.63) is 47.3 Å². The van der Waals surface area contributed by atoms with E-state index in [1.54, 1.807) is 10.7 Å². The highest BCUT2D eigenvalue weighted by Gasteiger charge is 2.14. The number of amides is 1. The molecule has 0 saturated carbocycles. The maximum absolute atomic E-state index is 12.1. The van der Waals surface area contributed by atoms with E-state index in [2.05, 4.69) is 51.5 Å². The zero-order chi connectivity index (χ0) is 17.1. The molecule has 6 nitrogen and oxygen atoms in total. The zero-order valence-electron chi connectivity index (χ0n) is 14.6. The molecule has 1 aliphatic rings. The van der Waals surface area contributed by atoms with Crippen LogP contribution >= 0.6 is 0 Å². The molecular formula is C18H25N5O. The van der Waals surface area contributed by atoms with Gasteiger partial charge in [-0.05, 0) is 37.7 Å². The minimum absolute atomic E-state index is 0.137. The van der Waals surface area contributed by atoms with Gasteiger partial charge in [0, 0.05) is 51.2 Å². The summed E-state index contributed by atoms with van der Waals surface area (Å²) in [7, 11) is 4.00. The average Bonchev–Trinajstić information content (AvgIpc) is 2.93. The Morgan fingerprint density at radius 3 is 2.38 bits per heavy atom. The highest BCUT2D eigenvalue weighted by Crippen LogP contribution is 2.17. The fourth-order valence-electron chi connectivity index (χ4n) is 2.83. The molecule has 24 heavy (non-hydrogen) atoms. The molecule has 0 bridgehead atoms. The van der Waals surface area contributed by atoms with Crippen LogP contribution in [0.4, 0.5) is 5.69 Å². The maximum Gasteiger partial charge on any atom is 0.272 e. The van der Waals surface area contributed by atoms with E-state index < -0.39 is 0 Å². The molecule has 0 spiro atoms. The molecular weight excluding hydrogens is 302 g/mol. The molecule has 1 N–H and O–H groups in total. The second kappa shape index (κ2) is 7.05. The van der Waals surface area contributed by atoms with E-state index in [1.165, 1.54) is 5.69 Å². The Bertz CT molecular complexity index is 679. The maximum atomic E-state index is 12.1. The van der Waals surface area contributed by atoms with Crippen LogP contribution in [0.25, 0.3) is 0 Å². The predicted molar refractivity (Wildman–Crippen MR) is 95.3 cm³/mol. The highest BCUT2D eigenvalue weighted by atomic mass is 16.1. The average molecular weight is 327 g/mol. The number of aromatic nitrogens is 2. The van der Waals surface area contributed by atoms with E-state index in [4.69, 9.17) is 0 Å². The molecule has 0 radical (unpaired) electrons. The van der Waals surface area contributed by atoms with Crippen LogP contribution in [0.15, 0.2) is 30.3 Å². The van der Waals surface area contributed by atoms with Gasteiger partial charge in [0.05, 0.1) is 0 Å². The van der Waals surface area contributed by atoms with Gasteiger partial charge in [-0.2, -0.15) is 5.10 Å². The number of rotatable bonds is 4. The summed E-state index contributed by atoms with van der Waals surface area (Å²) in [5.41, 5.74) is 3.77. The van der Waals surface area contributed by atoms with Crippen molar-refractivity contribution in [1.82, 2.24) is 20.0 Å². The summed E-state index contributed by atoms with van der Waals surface area (Å²) in [6, 6.07) is 10.2. The third-order valence-corrected chi connectivity index (χ3v) is 4.60. The van der Waals surface area contributed by atoms with Crippen LogP contribution in [-0.2, 0) is 13.6 Å². The number of carbonyl (C=O) groups is 1. The van der Waals surface area contributed by atoms with Crippen molar-refractivity contribution in [2.75, 3.05) is 38.1 Å². The quantitative estimate of drug-likeness (QED) is 0.922. The number of carbonyl (C=O) groups excluding carboxylic acids is 1. The molecule has 0 unspecified atom stereocenters. The number of aryl methyl sites for hydroxylation is 2. The predicted octanol–water partition coefficient (Wildman–Crippen LogP) is 1.41. The monoisotopic (exact) mass is 327 g/mol. The molecule has 6 heteroatoms. The minimum atomic E-state index is -0.137. The van der Waals surface area contributed by atoms with Gasteiger partial charge in [0.25, 0.3) is 5.91 Å². The van der Waals surface area contributed by atoms with E-state index in [9.17, 15) is 4.79 Å². The van der Waals surface area contributed by atoms with Gasteiger partial charge < -0.3 is 15.1 Å². The standard InChI is InChI=1S/C18H25N5O/c1-14-12-17(20-22(14)3)18(24)19-13-15-4-6-16(7-5-15)23-10-8-21(2)9-11-23/h4-7,12H,8-11,13H2,1-3H3,(H,19,24). The summed E-state index contributed by atoms with van der Waals surface area (Å²) in [6.45, 7) is 6.76. The van der Waals surface area contributed by atoms with Gasteiger partial charge in [-0.25, -0.2) is 0 Å². The van der Waals surface area contributed by atoms with Gasteiger partial charge in [-0.3, -0.25) is 9.48 Å². The molecule has 1 aromatic heterocycles. The number of benzene rings is 1. The summed E-state index contributed by atoms with van der Waals surface area (Å²) < 4.78 is 1.71. The van der Waals surface area contributed by atoms with Crippen LogP contribution in [0.1, 0.15) is 21.7 Å². The van der Waals surface area contributed by atoms with Crippen molar-refractivity contribution in [2.45, 2.75) is 13.5 Å². The smallest absolute Gasteiger partial charge is 0.272 e. The van der Waals surface area contributed by atoms with Gasteiger partial charge in [-0.15, -0.1) is 0 Å². The van der Waals surface area contributed by atoms with Crippen LogP contribution in [0.5, 0.6) is 0 Å². The van der Waals surface area contributed by atoms with Crippen molar-refractivity contribution >= 4 is 11.6 Å². The van der Waals surface area contributed by atoms with Gasteiger partial charge in [-0.1, -0.05) is 12.1 Å². The molecule has 1 fully saturated rings. The van der Waals surface area contributed by atoms with E-state index in [0.717, 1.165) is 37.4 Å². The number of likely N-dealkylation sites (N-methyl/N-ethyl adjacent to an activating group) is 1. The number of piperazine rings is 1. The minimum Gasteiger partial charge on any atom is -0.369 e. The molecule has 1 amide bonds. The van der Waals surface area contributed by atoms with Crippen LogP contribution in [0, 0.1) is 6.92 Å². The Balaban J connectivity index is 1.55. The molecule has 1 aliphatic heterocycles. The van der Waals surface area contributed by atoms with Gasteiger partial charge >= 0.3 is 0 Å². The molecule has 0 aliphatic carbocycles. The summed E-state index contributed by atoms with van der Waals surface area (Å²) >= 11 is 0. The summed E-state index contributed by atoms with van der Waals surface area (Å²) in [5.74, 6) is -0.137. The summed E-state index contributed by atoms with van der Waals surface area (Å²) in [6.07, 6.45) is 0. The molecule has 128 valence electrons. The SMILES string of the molecule is Cc1cc(C(=O)NCc2ccc(N3CCN(C)CC3)cc2)nn1C. The largest absolute Gasteiger partial charge is 0.369 e. The Morgan fingerprint density at radius 1 is 1.12 bits per heavy atom. The number of nitrogens with zero attached hydrogens (tertiary/aromatic N) is 4. The Morgan fingerprint density at radius 2 is 1.79 bits per heavy atom. The molecule has 2 heterocycles. The fraction of sp³-hybridized carbons (Fsp3) is 0.444. The first-order chi connectivity index (χ1) is 11.5. The molecule has 1 saturated heterocycles. The lowest BCUT2D eigenvalue weighted by atomic mass is 10.1. The molecule has 3 rings (SSSR count). The first kappa shape index (κ1) is 16.5. The van der Waals surface area contributed by atoms with Gasteiger partial charge in [0.1, 0.15) is 5.69 Å². The summed E-state index contributed by atoms with van der Waals surface area (Å²) in [4.78, 5) is 16.9. The van der Waals surface area contributed by atoms with Crippen LogP contribution < -0.4 is 10.2 Å². The van der Waals surface area contributed by atoms with Crippen molar-refractivity contribution in [2.24, 2.45) is 7.05 Å². The number of nitrogens with one attached hydrogen (secondary N) is 1. The summed E-state index contributed by atoms with van der Waals surface area (Å²) in [5, 5.41) is 7.12. The van der Waals surface area contributed by atoms with E-state index in [1.807, 2.05) is 14.0 Å². The van der Waals surface area contributed by atoms with Gasteiger partial charge in [0.15, 0.2) is 0 Å². The Kier molecular flexibility index (Phi) is 4.85. The lowest BCUT2D eigenvalue weighted by Gasteiger charge is -2.34. The normalized spacial score (nSPS) is 15.5.